The fourth-order valence-electron chi connectivity index (χ4n) is 2.76. The van der Waals surface area contributed by atoms with Crippen LogP contribution in [0.2, 0.25) is 0 Å². The molecule has 0 radical (unpaired) electrons. The van der Waals surface area contributed by atoms with Gasteiger partial charge < -0.3 is 4.90 Å². The normalized spacial score (nSPS) is 25.8. The number of hydrogen-bond donors (Lipinski definition) is 1. The molecule has 1 amide bonds. The molecule has 1 aromatic rings. The first-order valence-electron chi connectivity index (χ1n) is 7.72. The lowest BCUT2D eigenvalue weighted by molar-refractivity contribution is -0.133. The molecule has 2 heterocycles. The van der Waals surface area contributed by atoms with Crippen LogP contribution in [0.25, 0.3) is 0 Å². The molecule has 1 aromatic heterocycles. The first kappa shape index (κ1) is 16.8. The number of nitrogens with zero attached hydrogens (tertiary/aromatic N) is 1. The average molecular weight is 327 g/mol. The Labute approximate surface area is 136 Å². The van der Waals surface area contributed by atoms with Crippen molar-refractivity contribution < 1.29 is 4.79 Å². The predicted molar refractivity (Wildman–Crippen MR) is 92.8 cm³/mol. The molecule has 2 rings (SSSR count). The monoisotopic (exact) mass is 326 g/mol. The highest BCUT2D eigenvalue weighted by Crippen LogP contribution is 2.33. The van der Waals surface area contributed by atoms with Gasteiger partial charge in [0.1, 0.15) is 6.17 Å². The third-order valence-corrected chi connectivity index (χ3v) is 5.71. The topological polar surface area (TPSA) is 32.3 Å². The zero-order valence-corrected chi connectivity index (χ0v) is 14.9. The Bertz CT molecular complexity index is 449. The molecule has 0 aromatic carbocycles. The molecule has 21 heavy (non-hydrogen) atoms. The molecule has 1 N–H and O–H groups in total. The van der Waals surface area contributed by atoms with Gasteiger partial charge in [-0.15, -0.1) is 0 Å². The molecule has 0 aliphatic carbocycles. The number of hydrogen-bond acceptors (Lipinski definition) is 4. The van der Waals surface area contributed by atoms with Crippen LogP contribution in [0.4, 0.5) is 0 Å². The van der Waals surface area contributed by atoms with Gasteiger partial charge in [0.2, 0.25) is 5.91 Å². The Morgan fingerprint density at radius 2 is 2.24 bits per heavy atom. The van der Waals surface area contributed by atoms with E-state index in [1.54, 1.807) is 11.3 Å². The van der Waals surface area contributed by atoms with Crippen molar-refractivity contribution in [2.24, 2.45) is 0 Å². The summed E-state index contributed by atoms with van der Waals surface area (Å²) in [5.41, 5.74) is 0.806. The van der Waals surface area contributed by atoms with Crippen LogP contribution in [0, 0.1) is 0 Å². The Kier molecular flexibility index (Phi) is 6.14. The number of nitrogens with one attached hydrogen (secondary N) is 1. The highest BCUT2D eigenvalue weighted by molar-refractivity contribution is 7.98. The third-order valence-electron chi connectivity index (χ3n) is 4.31. The fraction of sp³-hybridized carbons (Fsp3) is 0.688. The van der Waals surface area contributed by atoms with Gasteiger partial charge in [0, 0.05) is 6.54 Å². The molecule has 118 valence electrons. The molecule has 5 heteroatoms. The summed E-state index contributed by atoms with van der Waals surface area (Å²) in [5, 5.41) is 7.78. The number of rotatable bonds is 8. The van der Waals surface area contributed by atoms with Gasteiger partial charge in [-0.1, -0.05) is 13.3 Å². The summed E-state index contributed by atoms with van der Waals surface area (Å²) < 4.78 is 0. The van der Waals surface area contributed by atoms with Crippen LogP contribution in [-0.2, 0) is 4.79 Å². The van der Waals surface area contributed by atoms with E-state index in [1.165, 1.54) is 24.2 Å². The van der Waals surface area contributed by atoms with Crippen LogP contribution in [-0.4, -0.2) is 34.9 Å². The van der Waals surface area contributed by atoms with E-state index in [-0.39, 0.29) is 12.1 Å². The second-order valence-electron chi connectivity index (χ2n) is 5.84. The van der Waals surface area contributed by atoms with Crippen molar-refractivity contribution >= 4 is 29.0 Å². The second kappa shape index (κ2) is 7.65. The number of amides is 1. The van der Waals surface area contributed by atoms with E-state index in [0.717, 1.165) is 19.4 Å². The molecule has 2 unspecified atom stereocenters. The van der Waals surface area contributed by atoms with Crippen molar-refractivity contribution in [1.29, 1.82) is 0 Å². The summed E-state index contributed by atoms with van der Waals surface area (Å²) >= 11 is 3.59. The molecule has 0 spiro atoms. The maximum atomic E-state index is 12.7. The van der Waals surface area contributed by atoms with Gasteiger partial charge in [-0.05, 0) is 60.6 Å². The van der Waals surface area contributed by atoms with Crippen molar-refractivity contribution in [1.82, 2.24) is 10.2 Å². The molecule has 0 saturated carbocycles. The van der Waals surface area contributed by atoms with E-state index in [0.29, 0.717) is 0 Å². The number of carbonyl (C=O) groups excluding carboxylic acids is 1. The van der Waals surface area contributed by atoms with Gasteiger partial charge in [0.25, 0.3) is 0 Å². The maximum Gasteiger partial charge on any atom is 0.244 e. The first-order chi connectivity index (χ1) is 10.1. The van der Waals surface area contributed by atoms with Crippen LogP contribution >= 0.6 is 23.1 Å². The SMILES string of the molecule is CCC1(C)NC(c2ccsc2)N(CCCCCSC)C1=O. The highest BCUT2D eigenvalue weighted by atomic mass is 32.2. The van der Waals surface area contributed by atoms with Crippen molar-refractivity contribution in [3.63, 3.8) is 0 Å². The maximum absolute atomic E-state index is 12.7. The van der Waals surface area contributed by atoms with Crippen LogP contribution in [0.15, 0.2) is 16.8 Å². The van der Waals surface area contributed by atoms with Gasteiger partial charge in [0.15, 0.2) is 0 Å². The largest absolute Gasteiger partial charge is 0.321 e. The summed E-state index contributed by atoms with van der Waals surface area (Å²) in [5.74, 6) is 1.47. The summed E-state index contributed by atoms with van der Waals surface area (Å²) in [4.78, 5) is 14.8. The lowest BCUT2D eigenvalue weighted by Gasteiger charge is -2.23. The molecule has 0 bridgehead atoms. The molecule has 1 fully saturated rings. The first-order valence-corrected chi connectivity index (χ1v) is 10.1. The number of carbonyl (C=O) groups is 1. The van der Waals surface area contributed by atoms with E-state index in [2.05, 4.69) is 35.3 Å². The molecule has 2 atom stereocenters. The fourth-order valence-corrected chi connectivity index (χ4v) is 3.93. The van der Waals surface area contributed by atoms with Crippen molar-refractivity contribution in [2.45, 2.75) is 51.2 Å². The van der Waals surface area contributed by atoms with E-state index in [4.69, 9.17) is 0 Å². The molecular weight excluding hydrogens is 300 g/mol. The summed E-state index contributed by atoms with van der Waals surface area (Å²) in [6, 6.07) is 2.12. The smallest absolute Gasteiger partial charge is 0.244 e. The summed E-state index contributed by atoms with van der Waals surface area (Å²) in [6.07, 6.45) is 6.56. The van der Waals surface area contributed by atoms with Gasteiger partial charge in [0.05, 0.1) is 5.54 Å². The van der Waals surface area contributed by atoms with E-state index >= 15 is 0 Å². The predicted octanol–water partition coefficient (Wildman–Crippen LogP) is 3.88. The number of unbranched alkanes of at least 4 members (excludes halogenated alkanes) is 2. The Morgan fingerprint density at radius 3 is 2.86 bits per heavy atom. The Morgan fingerprint density at radius 1 is 1.43 bits per heavy atom. The average Bonchev–Trinajstić information content (AvgIpc) is 3.09. The van der Waals surface area contributed by atoms with Gasteiger partial charge in [-0.3, -0.25) is 10.1 Å². The Balaban J connectivity index is 2.02. The zero-order chi connectivity index (χ0) is 15.3. The van der Waals surface area contributed by atoms with Crippen LogP contribution in [0.1, 0.15) is 51.3 Å². The second-order valence-corrected chi connectivity index (χ2v) is 7.61. The molecule has 1 aliphatic heterocycles. The van der Waals surface area contributed by atoms with E-state index < -0.39 is 5.54 Å². The molecule has 3 nitrogen and oxygen atoms in total. The van der Waals surface area contributed by atoms with Crippen LogP contribution in [0.5, 0.6) is 0 Å². The molecule has 1 saturated heterocycles. The van der Waals surface area contributed by atoms with Crippen molar-refractivity contribution in [3.05, 3.63) is 22.4 Å². The van der Waals surface area contributed by atoms with Gasteiger partial charge in [-0.2, -0.15) is 23.1 Å². The standard InChI is InChI=1S/C16H26N2OS2/c1-4-16(2)15(19)18(9-6-5-7-10-20-3)14(17-16)13-8-11-21-12-13/h8,11-12,14,17H,4-7,9-10H2,1-3H3. The minimum atomic E-state index is -0.411. The van der Waals surface area contributed by atoms with E-state index in [9.17, 15) is 4.79 Å². The van der Waals surface area contributed by atoms with Crippen LogP contribution < -0.4 is 5.32 Å². The number of thiophene rings is 1. The van der Waals surface area contributed by atoms with Gasteiger partial charge >= 0.3 is 0 Å². The third kappa shape index (κ3) is 3.82. The minimum Gasteiger partial charge on any atom is -0.321 e. The zero-order valence-electron chi connectivity index (χ0n) is 13.2. The summed E-state index contributed by atoms with van der Waals surface area (Å²) in [7, 11) is 0. The lowest BCUT2D eigenvalue weighted by Crippen LogP contribution is -2.43. The highest BCUT2D eigenvalue weighted by Gasteiger charge is 2.46. The van der Waals surface area contributed by atoms with Gasteiger partial charge in [-0.25, -0.2) is 0 Å². The lowest BCUT2D eigenvalue weighted by atomic mass is 9.99. The molecule has 1 aliphatic rings. The van der Waals surface area contributed by atoms with E-state index in [1.807, 2.05) is 23.6 Å². The van der Waals surface area contributed by atoms with Crippen molar-refractivity contribution in [3.8, 4) is 0 Å². The molecular formula is C16H26N2OS2. The Hall–Kier alpha value is -0.520. The quantitative estimate of drug-likeness (QED) is 0.736. The number of thioether (sulfide) groups is 1. The summed E-state index contributed by atoms with van der Waals surface area (Å²) in [6.45, 7) is 4.97. The van der Waals surface area contributed by atoms with Crippen LogP contribution in [0.3, 0.4) is 0 Å². The van der Waals surface area contributed by atoms with Crippen molar-refractivity contribution in [2.75, 3.05) is 18.6 Å². The minimum absolute atomic E-state index is 0.0502.